The molecule has 9 heteroatoms. The van der Waals surface area contributed by atoms with Crippen LogP contribution in [0, 0.1) is 10.5 Å². The second-order valence-electron chi connectivity index (χ2n) is 8.04. The highest BCUT2D eigenvalue weighted by Crippen LogP contribution is 2.25. The first-order chi connectivity index (χ1) is 16.6. The van der Waals surface area contributed by atoms with Crippen molar-refractivity contribution < 1.29 is 18.0 Å². The molecule has 3 aromatic carbocycles. The highest BCUT2D eigenvalue weighted by molar-refractivity contribution is 14.1. The average molecular weight is 605 g/mol. The van der Waals surface area contributed by atoms with Gasteiger partial charge in [-0.2, -0.15) is 0 Å². The lowest BCUT2D eigenvalue weighted by molar-refractivity contribution is -0.139. The molecule has 0 aromatic heterocycles. The second-order valence-corrected chi connectivity index (χ2v) is 11.1. The van der Waals surface area contributed by atoms with Crippen LogP contribution in [0.2, 0.25) is 0 Å². The van der Waals surface area contributed by atoms with Crippen molar-refractivity contribution in [3.05, 3.63) is 93.6 Å². The number of amides is 2. The molecular formula is C26H28IN3O4S. The Balaban J connectivity index is 2.02. The predicted octanol–water partition coefficient (Wildman–Crippen LogP) is 3.96. The summed E-state index contributed by atoms with van der Waals surface area (Å²) in [5.74, 6) is -0.818. The van der Waals surface area contributed by atoms with Gasteiger partial charge in [0.05, 0.1) is 10.6 Å². The fourth-order valence-electron chi connectivity index (χ4n) is 3.62. The van der Waals surface area contributed by atoms with E-state index in [9.17, 15) is 18.0 Å². The molecule has 0 aliphatic rings. The third-order valence-corrected chi connectivity index (χ3v) is 8.25. The lowest BCUT2D eigenvalue weighted by Gasteiger charge is -2.32. The van der Waals surface area contributed by atoms with Gasteiger partial charge < -0.3 is 10.2 Å². The van der Waals surface area contributed by atoms with Gasteiger partial charge in [0, 0.05) is 17.2 Å². The number of carbonyl (C=O) groups excluding carboxylic acids is 2. The van der Waals surface area contributed by atoms with E-state index in [0.29, 0.717) is 5.69 Å². The molecule has 1 N–H and O–H groups in total. The topological polar surface area (TPSA) is 86.8 Å². The third kappa shape index (κ3) is 6.40. The molecule has 0 saturated carbocycles. The van der Waals surface area contributed by atoms with Crippen LogP contribution in [0.25, 0.3) is 0 Å². The molecular weight excluding hydrogens is 577 g/mol. The summed E-state index contributed by atoms with van der Waals surface area (Å²) in [6, 6.07) is 21.7. The maximum absolute atomic E-state index is 13.7. The van der Waals surface area contributed by atoms with Gasteiger partial charge >= 0.3 is 0 Å². The Morgan fingerprint density at radius 3 is 2.14 bits per heavy atom. The van der Waals surface area contributed by atoms with Crippen LogP contribution in [0.1, 0.15) is 18.1 Å². The van der Waals surface area contributed by atoms with Crippen LogP contribution in [-0.2, 0) is 26.2 Å². The van der Waals surface area contributed by atoms with E-state index in [4.69, 9.17) is 0 Å². The van der Waals surface area contributed by atoms with Crippen molar-refractivity contribution in [1.29, 1.82) is 0 Å². The number of hydrogen-bond acceptors (Lipinski definition) is 4. The predicted molar refractivity (Wildman–Crippen MR) is 145 cm³/mol. The SMILES string of the molecule is CNC(=O)[C@@H](C)N(Cc1ccccc1C)C(=O)CN(c1ccc(I)cc1)S(=O)(=O)c1ccccc1. The summed E-state index contributed by atoms with van der Waals surface area (Å²) in [6.45, 7) is 3.28. The van der Waals surface area contributed by atoms with Gasteiger partial charge in [0.25, 0.3) is 10.0 Å². The summed E-state index contributed by atoms with van der Waals surface area (Å²) in [5, 5.41) is 2.58. The number of anilines is 1. The van der Waals surface area contributed by atoms with E-state index in [2.05, 4.69) is 27.9 Å². The van der Waals surface area contributed by atoms with E-state index in [1.165, 1.54) is 24.1 Å². The van der Waals surface area contributed by atoms with Gasteiger partial charge in [-0.3, -0.25) is 13.9 Å². The van der Waals surface area contributed by atoms with E-state index in [1.54, 1.807) is 49.4 Å². The lowest BCUT2D eigenvalue weighted by Crippen LogP contribution is -2.50. The van der Waals surface area contributed by atoms with Crippen LogP contribution >= 0.6 is 22.6 Å². The lowest BCUT2D eigenvalue weighted by atomic mass is 10.1. The molecule has 0 heterocycles. The van der Waals surface area contributed by atoms with E-state index < -0.39 is 28.5 Å². The van der Waals surface area contributed by atoms with Gasteiger partial charge in [-0.1, -0.05) is 42.5 Å². The Kier molecular flexibility index (Phi) is 8.90. The molecule has 0 spiro atoms. The molecule has 0 bridgehead atoms. The maximum Gasteiger partial charge on any atom is 0.264 e. The van der Waals surface area contributed by atoms with E-state index in [1.807, 2.05) is 31.2 Å². The number of hydrogen-bond donors (Lipinski definition) is 1. The van der Waals surface area contributed by atoms with Crippen molar-refractivity contribution in [2.45, 2.75) is 31.3 Å². The largest absolute Gasteiger partial charge is 0.357 e. The minimum Gasteiger partial charge on any atom is -0.357 e. The first-order valence-electron chi connectivity index (χ1n) is 11.0. The summed E-state index contributed by atoms with van der Waals surface area (Å²) >= 11 is 2.14. The van der Waals surface area contributed by atoms with Crippen LogP contribution in [0.4, 0.5) is 5.69 Å². The van der Waals surface area contributed by atoms with Crippen molar-refractivity contribution in [2.24, 2.45) is 0 Å². The summed E-state index contributed by atoms with van der Waals surface area (Å²) in [6.07, 6.45) is 0. The summed E-state index contributed by atoms with van der Waals surface area (Å²) in [4.78, 5) is 27.7. The molecule has 0 radical (unpaired) electrons. The highest BCUT2D eigenvalue weighted by atomic mass is 127. The van der Waals surface area contributed by atoms with Gasteiger partial charge in [-0.05, 0) is 84.0 Å². The normalized spacial score (nSPS) is 12.0. The Morgan fingerprint density at radius 1 is 0.943 bits per heavy atom. The van der Waals surface area contributed by atoms with Gasteiger partial charge in [-0.15, -0.1) is 0 Å². The standard InChI is InChI=1S/C26H28IN3O4S/c1-19-9-7-8-10-21(19)17-29(20(2)26(32)28-3)25(31)18-30(23-15-13-22(27)14-16-23)35(33,34)24-11-5-4-6-12-24/h4-16,20H,17-18H2,1-3H3,(H,28,32)/t20-/m1/s1. The number of rotatable bonds is 9. The van der Waals surface area contributed by atoms with E-state index in [-0.39, 0.29) is 17.3 Å². The molecule has 0 unspecified atom stereocenters. The zero-order chi connectivity index (χ0) is 25.6. The molecule has 0 aliphatic carbocycles. The van der Waals surface area contributed by atoms with Gasteiger partial charge in [0.1, 0.15) is 12.6 Å². The summed E-state index contributed by atoms with van der Waals surface area (Å²) in [5.41, 5.74) is 2.22. The van der Waals surface area contributed by atoms with Gasteiger partial charge in [0.2, 0.25) is 11.8 Å². The Labute approximate surface area is 220 Å². The van der Waals surface area contributed by atoms with Crippen LogP contribution < -0.4 is 9.62 Å². The van der Waals surface area contributed by atoms with Crippen LogP contribution in [0.15, 0.2) is 83.8 Å². The molecule has 0 aliphatic heterocycles. The van der Waals surface area contributed by atoms with Crippen molar-refractivity contribution in [1.82, 2.24) is 10.2 Å². The number of likely N-dealkylation sites (N-methyl/N-ethyl adjacent to an activating group) is 1. The highest BCUT2D eigenvalue weighted by Gasteiger charge is 2.32. The van der Waals surface area contributed by atoms with Gasteiger partial charge in [0.15, 0.2) is 0 Å². The fraction of sp³-hybridized carbons (Fsp3) is 0.231. The number of sulfonamides is 1. The van der Waals surface area contributed by atoms with Gasteiger partial charge in [-0.25, -0.2) is 8.42 Å². The molecule has 3 rings (SSSR count). The molecule has 7 nitrogen and oxygen atoms in total. The van der Waals surface area contributed by atoms with Crippen molar-refractivity contribution in [3.63, 3.8) is 0 Å². The zero-order valence-electron chi connectivity index (χ0n) is 19.8. The van der Waals surface area contributed by atoms with Crippen LogP contribution in [-0.4, -0.2) is 44.8 Å². The Bertz CT molecular complexity index is 1280. The molecule has 0 saturated heterocycles. The van der Waals surface area contributed by atoms with E-state index in [0.717, 1.165) is 19.0 Å². The first-order valence-corrected chi connectivity index (χ1v) is 13.6. The number of nitrogens with one attached hydrogen (secondary N) is 1. The van der Waals surface area contributed by atoms with E-state index >= 15 is 0 Å². The van der Waals surface area contributed by atoms with Crippen LogP contribution in [0.5, 0.6) is 0 Å². The van der Waals surface area contributed by atoms with Crippen molar-refractivity contribution in [3.8, 4) is 0 Å². The first kappa shape index (κ1) is 26.7. The monoisotopic (exact) mass is 605 g/mol. The quantitative estimate of drug-likeness (QED) is 0.375. The Hall–Kier alpha value is -2.92. The molecule has 35 heavy (non-hydrogen) atoms. The smallest absolute Gasteiger partial charge is 0.264 e. The fourth-order valence-corrected chi connectivity index (χ4v) is 5.41. The number of nitrogens with zero attached hydrogens (tertiary/aromatic N) is 2. The molecule has 1 atom stereocenters. The molecule has 2 amide bonds. The number of halogens is 1. The average Bonchev–Trinajstić information content (AvgIpc) is 2.86. The molecule has 3 aromatic rings. The Morgan fingerprint density at radius 2 is 1.54 bits per heavy atom. The minimum absolute atomic E-state index is 0.0798. The minimum atomic E-state index is -4.05. The summed E-state index contributed by atoms with van der Waals surface area (Å²) < 4.78 is 29.3. The zero-order valence-corrected chi connectivity index (χ0v) is 22.8. The molecule has 184 valence electrons. The van der Waals surface area contributed by atoms with Crippen LogP contribution in [0.3, 0.4) is 0 Å². The van der Waals surface area contributed by atoms with Crippen molar-refractivity contribution >= 4 is 50.1 Å². The number of benzene rings is 3. The van der Waals surface area contributed by atoms with Crippen molar-refractivity contribution in [2.75, 3.05) is 17.9 Å². The maximum atomic E-state index is 13.7. The third-order valence-electron chi connectivity index (χ3n) is 5.74. The molecule has 0 fully saturated rings. The second kappa shape index (κ2) is 11.7. The number of carbonyl (C=O) groups is 2. The summed E-state index contributed by atoms with van der Waals surface area (Å²) in [7, 11) is -2.54. The number of aryl methyl sites for hydroxylation is 1.